The Morgan fingerprint density at radius 1 is 1.04 bits per heavy atom. The van der Waals surface area contributed by atoms with E-state index in [0.29, 0.717) is 12.1 Å². The smallest absolute Gasteiger partial charge is 0.332 e. The van der Waals surface area contributed by atoms with E-state index in [9.17, 15) is 9.59 Å². The fraction of sp³-hybridized carbons (Fsp3) is 0.238. The quantitative estimate of drug-likeness (QED) is 0.630. The van der Waals surface area contributed by atoms with E-state index in [-0.39, 0.29) is 5.91 Å². The zero-order valence-electron chi connectivity index (χ0n) is 14.7. The van der Waals surface area contributed by atoms with E-state index in [2.05, 4.69) is 0 Å². The molecular formula is C21H21NO3. The van der Waals surface area contributed by atoms with Gasteiger partial charge in [-0.3, -0.25) is 4.79 Å². The third-order valence-electron chi connectivity index (χ3n) is 3.81. The molecular weight excluding hydrogens is 314 g/mol. The third-order valence-corrected chi connectivity index (χ3v) is 3.81. The number of benzene rings is 2. The molecule has 1 amide bonds. The van der Waals surface area contributed by atoms with Gasteiger partial charge in [-0.05, 0) is 32.4 Å². The van der Waals surface area contributed by atoms with Crippen molar-refractivity contribution in [2.24, 2.45) is 0 Å². The molecule has 25 heavy (non-hydrogen) atoms. The average molecular weight is 335 g/mol. The van der Waals surface area contributed by atoms with Gasteiger partial charge in [-0.15, -0.1) is 0 Å². The maximum Gasteiger partial charge on any atom is 0.332 e. The number of rotatable bonds is 3. The number of carbonyl (C=O) groups is 2. The van der Waals surface area contributed by atoms with Gasteiger partial charge in [0.1, 0.15) is 5.60 Å². The average Bonchev–Trinajstić information content (AvgIpc) is 2.80. The van der Waals surface area contributed by atoms with Crippen LogP contribution in [0.25, 0.3) is 5.57 Å². The highest BCUT2D eigenvalue weighted by Gasteiger charge is 2.33. The molecule has 2 aromatic rings. The maximum absolute atomic E-state index is 12.9. The van der Waals surface area contributed by atoms with E-state index in [1.807, 2.05) is 54.6 Å². The van der Waals surface area contributed by atoms with Gasteiger partial charge < -0.3 is 9.64 Å². The summed E-state index contributed by atoms with van der Waals surface area (Å²) in [4.78, 5) is 26.8. The number of hydrogen-bond donors (Lipinski definition) is 0. The summed E-state index contributed by atoms with van der Waals surface area (Å²) in [5, 5.41) is 0. The van der Waals surface area contributed by atoms with Crippen LogP contribution in [0.4, 0.5) is 5.69 Å². The van der Waals surface area contributed by atoms with E-state index in [4.69, 9.17) is 4.74 Å². The Hall–Kier alpha value is -2.88. The van der Waals surface area contributed by atoms with Crippen molar-refractivity contribution >= 4 is 23.1 Å². The third kappa shape index (κ3) is 3.79. The number of nitrogens with zero attached hydrogens (tertiary/aromatic N) is 1. The van der Waals surface area contributed by atoms with Crippen LogP contribution in [0.5, 0.6) is 0 Å². The topological polar surface area (TPSA) is 46.6 Å². The summed E-state index contributed by atoms with van der Waals surface area (Å²) in [5.41, 5.74) is 2.38. The van der Waals surface area contributed by atoms with Gasteiger partial charge in [0.15, 0.2) is 0 Å². The molecule has 0 fully saturated rings. The van der Waals surface area contributed by atoms with Crippen LogP contribution < -0.4 is 4.90 Å². The minimum absolute atomic E-state index is 0.184. The lowest BCUT2D eigenvalue weighted by Gasteiger charge is -2.18. The van der Waals surface area contributed by atoms with Crippen molar-refractivity contribution < 1.29 is 14.3 Å². The van der Waals surface area contributed by atoms with E-state index in [1.165, 1.54) is 6.08 Å². The molecule has 4 nitrogen and oxygen atoms in total. The van der Waals surface area contributed by atoms with Crippen LogP contribution in [0.15, 0.2) is 60.7 Å². The van der Waals surface area contributed by atoms with Gasteiger partial charge in [0, 0.05) is 11.6 Å². The van der Waals surface area contributed by atoms with Gasteiger partial charge in [-0.2, -0.15) is 0 Å². The number of esters is 1. The Balaban J connectivity index is 1.94. The van der Waals surface area contributed by atoms with Crippen LogP contribution in [0.3, 0.4) is 0 Å². The highest BCUT2D eigenvalue weighted by atomic mass is 16.6. The Kier molecular flexibility index (Phi) is 4.45. The lowest BCUT2D eigenvalue weighted by atomic mass is 10.1. The lowest BCUT2D eigenvalue weighted by molar-refractivity contribution is -0.148. The van der Waals surface area contributed by atoms with Crippen molar-refractivity contribution in [2.45, 2.75) is 32.9 Å². The van der Waals surface area contributed by atoms with E-state index in [1.54, 1.807) is 25.7 Å². The number of carbonyl (C=O) groups excluding carboxylic acids is 2. The first-order valence-electron chi connectivity index (χ1n) is 8.25. The molecule has 1 aliphatic heterocycles. The number of hydrogen-bond acceptors (Lipinski definition) is 3. The minimum Gasteiger partial charge on any atom is -0.457 e. The summed E-state index contributed by atoms with van der Waals surface area (Å²) < 4.78 is 5.33. The van der Waals surface area contributed by atoms with E-state index < -0.39 is 11.6 Å². The minimum atomic E-state index is -0.598. The molecule has 0 aliphatic carbocycles. The summed E-state index contributed by atoms with van der Waals surface area (Å²) in [6.45, 7) is 5.86. The van der Waals surface area contributed by atoms with Crippen LogP contribution >= 0.6 is 0 Å². The number of amides is 1. The SMILES string of the molecule is CC(C)(C)OC(=O)/C=C1/C(=O)N(Cc2ccccc2)c2ccccc21. The van der Waals surface area contributed by atoms with Crippen molar-refractivity contribution in [3.8, 4) is 0 Å². The second-order valence-electron chi connectivity index (χ2n) is 6.99. The molecule has 0 bridgehead atoms. The molecule has 0 aromatic heterocycles. The Morgan fingerprint density at radius 3 is 2.36 bits per heavy atom. The van der Waals surface area contributed by atoms with Gasteiger partial charge in [-0.1, -0.05) is 48.5 Å². The summed E-state index contributed by atoms with van der Waals surface area (Å²) in [7, 11) is 0. The van der Waals surface area contributed by atoms with Crippen LogP contribution in [0.2, 0.25) is 0 Å². The molecule has 128 valence electrons. The summed E-state index contributed by atoms with van der Waals surface area (Å²) >= 11 is 0. The molecule has 1 aliphatic rings. The zero-order chi connectivity index (χ0) is 18.0. The lowest BCUT2D eigenvalue weighted by Crippen LogP contribution is -2.26. The molecule has 1 heterocycles. The largest absolute Gasteiger partial charge is 0.457 e. The van der Waals surface area contributed by atoms with Gasteiger partial charge in [-0.25, -0.2) is 4.79 Å². The molecule has 0 saturated carbocycles. The van der Waals surface area contributed by atoms with Crippen molar-refractivity contribution in [3.05, 3.63) is 71.8 Å². The molecule has 3 rings (SSSR count). The molecule has 0 radical (unpaired) electrons. The van der Waals surface area contributed by atoms with Crippen LogP contribution in [-0.4, -0.2) is 17.5 Å². The fourth-order valence-electron chi connectivity index (χ4n) is 2.82. The molecule has 0 unspecified atom stereocenters. The van der Waals surface area contributed by atoms with Crippen molar-refractivity contribution in [2.75, 3.05) is 4.90 Å². The second kappa shape index (κ2) is 6.55. The first-order chi connectivity index (χ1) is 11.8. The van der Waals surface area contributed by atoms with Crippen LogP contribution in [-0.2, 0) is 20.9 Å². The van der Waals surface area contributed by atoms with Crippen LogP contribution in [0, 0.1) is 0 Å². The molecule has 0 atom stereocenters. The molecule has 0 saturated heterocycles. The normalized spacial score (nSPS) is 15.4. The van der Waals surface area contributed by atoms with E-state index in [0.717, 1.165) is 16.8 Å². The summed E-state index contributed by atoms with van der Waals surface area (Å²) in [5.74, 6) is -0.692. The van der Waals surface area contributed by atoms with Crippen molar-refractivity contribution in [1.82, 2.24) is 0 Å². The molecule has 2 aromatic carbocycles. The molecule has 0 spiro atoms. The van der Waals surface area contributed by atoms with Crippen LogP contribution in [0.1, 0.15) is 31.9 Å². The highest BCUT2D eigenvalue weighted by molar-refractivity contribution is 6.34. The monoisotopic (exact) mass is 335 g/mol. The Labute approximate surface area is 147 Å². The molecule has 0 N–H and O–H groups in total. The van der Waals surface area contributed by atoms with Gasteiger partial charge in [0.25, 0.3) is 5.91 Å². The fourth-order valence-corrected chi connectivity index (χ4v) is 2.82. The highest BCUT2D eigenvalue weighted by Crippen LogP contribution is 2.37. The predicted octanol–water partition coefficient (Wildman–Crippen LogP) is 3.96. The zero-order valence-corrected chi connectivity index (χ0v) is 14.7. The van der Waals surface area contributed by atoms with Crippen molar-refractivity contribution in [3.63, 3.8) is 0 Å². The Morgan fingerprint density at radius 2 is 1.68 bits per heavy atom. The first-order valence-corrected chi connectivity index (χ1v) is 8.25. The second-order valence-corrected chi connectivity index (χ2v) is 6.99. The maximum atomic E-state index is 12.9. The number of ether oxygens (including phenoxy) is 1. The number of para-hydroxylation sites is 1. The Bertz CT molecular complexity index is 832. The number of anilines is 1. The summed E-state index contributed by atoms with van der Waals surface area (Å²) in [6, 6.07) is 17.3. The number of fused-ring (bicyclic) bond motifs is 1. The standard InChI is InChI=1S/C21H21NO3/c1-21(2,3)25-19(23)13-17-16-11-7-8-12-18(16)22(20(17)24)14-15-9-5-4-6-10-15/h4-13H,14H2,1-3H3/b17-13+. The summed E-state index contributed by atoms with van der Waals surface area (Å²) in [6.07, 6.45) is 1.30. The molecule has 4 heteroatoms. The van der Waals surface area contributed by atoms with E-state index >= 15 is 0 Å². The van der Waals surface area contributed by atoms with Gasteiger partial charge in [0.2, 0.25) is 0 Å². The van der Waals surface area contributed by atoms with Crippen molar-refractivity contribution in [1.29, 1.82) is 0 Å². The van der Waals surface area contributed by atoms with Gasteiger partial charge in [0.05, 0.1) is 17.8 Å². The first kappa shape index (κ1) is 17.0. The predicted molar refractivity (Wildman–Crippen MR) is 97.9 cm³/mol. The van der Waals surface area contributed by atoms with Gasteiger partial charge >= 0.3 is 5.97 Å².